The molecule has 2 aromatic carbocycles. The standard InChI is InChI=1S/C20H19Cl2N3O/c1-2-24-11-14(9-19(24)26)20-23-17-5-3-4-6-18(17)25(20)12-13-7-8-15(21)10-16(13)22/h3-8,10,14H,2,9,11-12H2,1H3/t14-/m1/s1. The van der Waals surface area contributed by atoms with Gasteiger partial charge in [-0.2, -0.15) is 0 Å². The van der Waals surface area contributed by atoms with Crippen LogP contribution in [0.3, 0.4) is 0 Å². The number of imidazole rings is 1. The normalized spacial score (nSPS) is 17.4. The largest absolute Gasteiger partial charge is 0.342 e. The van der Waals surface area contributed by atoms with E-state index in [4.69, 9.17) is 28.2 Å². The van der Waals surface area contributed by atoms with Crippen LogP contribution in [0.2, 0.25) is 10.0 Å². The molecule has 1 atom stereocenters. The van der Waals surface area contributed by atoms with Crippen molar-refractivity contribution < 1.29 is 4.79 Å². The predicted molar refractivity (Wildman–Crippen MR) is 105 cm³/mol. The number of nitrogens with zero attached hydrogens (tertiary/aromatic N) is 3. The Hall–Kier alpha value is -2.04. The first-order valence-electron chi connectivity index (χ1n) is 8.73. The van der Waals surface area contributed by atoms with E-state index in [0.29, 0.717) is 29.6 Å². The highest BCUT2D eigenvalue weighted by molar-refractivity contribution is 6.35. The first-order valence-corrected chi connectivity index (χ1v) is 9.49. The van der Waals surface area contributed by atoms with Crippen LogP contribution < -0.4 is 0 Å². The maximum Gasteiger partial charge on any atom is 0.223 e. The van der Waals surface area contributed by atoms with Crippen molar-refractivity contribution in [2.45, 2.75) is 25.8 Å². The van der Waals surface area contributed by atoms with E-state index in [2.05, 4.69) is 10.6 Å². The number of carbonyl (C=O) groups excluding carboxylic acids is 1. The molecular formula is C20H19Cl2N3O. The van der Waals surface area contributed by atoms with Gasteiger partial charge in [0.15, 0.2) is 0 Å². The second kappa shape index (κ2) is 6.93. The van der Waals surface area contributed by atoms with Gasteiger partial charge < -0.3 is 9.47 Å². The molecule has 0 spiro atoms. The SMILES string of the molecule is CCN1C[C@H](c2nc3ccccc3n2Cc2ccc(Cl)cc2Cl)CC1=O. The van der Waals surface area contributed by atoms with Crippen molar-refractivity contribution in [2.75, 3.05) is 13.1 Å². The van der Waals surface area contributed by atoms with Crippen molar-refractivity contribution in [1.82, 2.24) is 14.5 Å². The van der Waals surface area contributed by atoms with Crippen molar-refractivity contribution in [3.05, 3.63) is 63.9 Å². The van der Waals surface area contributed by atoms with Crippen LogP contribution in [0, 0.1) is 0 Å². The number of aromatic nitrogens is 2. The van der Waals surface area contributed by atoms with Crippen LogP contribution in [0.4, 0.5) is 0 Å². The second-order valence-corrected chi connectivity index (χ2v) is 7.46. The van der Waals surface area contributed by atoms with Crippen molar-refractivity contribution in [1.29, 1.82) is 0 Å². The number of halogens is 2. The third-order valence-electron chi connectivity index (χ3n) is 4.99. The molecule has 1 saturated heterocycles. The molecule has 1 aromatic heterocycles. The highest BCUT2D eigenvalue weighted by atomic mass is 35.5. The average molecular weight is 388 g/mol. The van der Waals surface area contributed by atoms with Crippen molar-refractivity contribution in [2.24, 2.45) is 0 Å². The summed E-state index contributed by atoms with van der Waals surface area (Å²) in [4.78, 5) is 19.0. The van der Waals surface area contributed by atoms with Gasteiger partial charge in [-0.15, -0.1) is 0 Å². The van der Waals surface area contributed by atoms with Crippen molar-refractivity contribution >= 4 is 40.1 Å². The van der Waals surface area contributed by atoms with E-state index in [1.165, 1.54) is 0 Å². The van der Waals surface area contributed by atoms with Crippen LogP contribution in [-0.2, 0) is 11.3 Å². The Labute approximate surface area is 162 Å². The quantitative estimate of drug-likeness (QED) is 0.648. The molecule has 1 fully saturated rings. The zero-order valence-corrected chi connectivity index (χ0v) is 16.0. The topological polar surface area (TPSA) is 38.1 Å². The van der Waals surface area contributed by atoms with Gasteiger partial charge in [0, 0.05) is 35.5 Å². The Morgan fingerprint density at radius 2 is 2.00 bits per heavy atom. The summed E-state index contributed by atoms with van der Waals surface area (Å²) in [5.41, 5.74) is 2.98. The number of likely N-dealkylation sites (N-methyl/N-ethyl adjacent to an activating group) is 1. The van der Waals surface area contributed by atoms with E-state index in [1.54, 1.807) is 6.07 Å². The molecule has 1 amide bonds. The lowest BCUT2D eigenvalue weighted by Crippen LogP contribution is -2.24. The number of amides is 1. The highest BCUT2D eigenvalue weighted by Gasteiger charge is 2.33. The highest BCUT2D eigenvalue weighted by Crippen LogP contribution is 2.32. The number of carbonyl (C=O) groups is 1. The van der Waals surface area contributed by atoms with Crippen LogP contribution in [-0.4, -0.2) is 33.4 Å². The van der Waals surface area contributed by atoms with Gasteiger partial charge in [-0.3, -0.25) is 4.79 Å². The molecule has 134 valence electrons. The van der Waals surface area contributed by atoms with Crippen LogP contribution in [0.1, 0.15) is 30.7 Å². The zero-order valence-electron chi connectivity index (χ0n) is 14.5. The minimum atomic E-state index is 0.0981. The summed E-state index contributed by atoms with van der Waals surface area (Å²) in [6.07, 6.45) is 0.505. The van der Waals surface area contributed by atoms with Gasteiger partial charge in [-0.05, 0) is 36.8 Å². The summed E-state index contributed by atoms with van der Waals surface area (Å²) in [7, 11) is 0. The number of para-hydroxylation sites is 2. The van der Waals surface area contributed by atoms with Crippen molar-refractivity contribution in [3.63, 3.8) is 0 Å². The Balaban J connectivity index is 1.78. The minimum Gasteiger partial charge on any atom is -0.342 e. The molecule has 26 heavy (non-hydrogen) atoms. The molecule has 0 saturated carbocycles. The lowest BCUT2D eigenvalue weighted by molar-refractivity contribution is -0.127. The fourth-order valence-electron chi connectivity index (χ4n) is 3.64. The average Bonchev–Trinajstić information content (AvgIpc) is 3.18. The van der Waals surface area contributed by atoms with E-state index in [0.717, 1.165) is 29.0 Å². The summed E-state index contributed by atoms with van der Waals surface area (Å²) in [5, 5.41) is 1.26. The van der Waals surface area contributed by atoms with E-state index >= 15 is 0 Å². The van der Waals surface area contributed by atoms with Gasteiger partial charge in [0.2, 0.25) is 5.91 Å². The summed E-state index contributed by atoms with van der Waals surface area (Å²) >= 11 is 12.4. The molecule has 1 aliphatic rings. The van der Waals surface area contributed by atoms with Gasteiger partial charge in [-0.1, -0.05) is 41.4 Å². The molecular weight excluding hydrogens is 369 g/mol. The number of fused-ring (bicyclic) bond motifs is 1. The molecule has 0 unspecified atom stereocenters. The third kappa shape index (κ3) is 3.08. The summed E-state index contributed by atoms with van der Waals surface area (Å²) in [6.45, 7) is 4.06. The molecule has 3 aromatic rings. The Morgan fingerprint density at radius 3 is 2.73 bits per heavy atom. The maximum absolute atomic E-state index is 12.2. The zero-order chi connectivity index (χ0) is 18.3. The molecule has 0 N–H and O–H groups in total. The van der Waals surface area contributed by atoms with Gasteiger partial charge in [0.1, 0.15) is 5.82 Å². The van der Waals surface area contributed by atoms with Gasteiger partial charge in [0.05, 0.1) is 17.6 Å². The van der Waals surface area contributed by atoms with Gasteiger partial charge in [0.25, 0.3) is 0 Å². The third-order valence-corrected chi connectivity index (χ3v) is 5.58. The summed E-state index contributed by atoms with van der Waals surface area (Å²) < 4.78 is 2.18. The number of likely N-dealkylation sites (tertiary alicyclic amines) is 1. The number of benzene rings is 2. The van der Waals surface area contributed by atoms with Crippen molar-refractivity contribution in [3.8, 4) is 0 Å². The van der Waals surface area contributed by atoms with Gasteiger partial charge in [-0.25, -0.2) is 4.98 Å². The number of hydrogen-bond acceptors (Lipinski definition) is 2. The van der Waals surface area contributed by atoms with Gasteiger partial charge >= 0.3 is 0 Å². The number of rotatable bonds is 4. The van der Waals surface area contributed by atoms with E-state index < -0.39 is 0 Å². The molecule has 0 radical (unpaired) electrons. The van der Waals surface area contributed by atoms with E-state index in [9.17, 15) is 4.79 Å². The predicted octanol–water partition coefficient (Wildman–Crippen LogP) is 4.73. The monoisotopic (exact) mass is 387 g/mol. The smallest absolute Gasteiger partial charge is 0.223 e. The molecule has 2 heterocycles. The maximum atomic E-state index is 12.2. The molecule has 4 rings (SSSR count). The summed E-state index contributed by atoms with van der Waals surface area (Å²) in [6, 6.07) is 13.6. The van der Waals surface area contributed by atoms with Crippen LogP contribution in [0.5, 0.6) is 0 Å². The first-order chi connectivity index (χ1) is 12.6. The molecule has 0 bridgehead atoms. The fourth-order valence-corrected chi connectivity index (χ4v) is 4.11. The first kappa shape index (κ1) is 17.4. The molecule has 1 aliphatic heterocycles. The summed E-state index contributed by atoms with van der Waals surface area (Å²) in [5.74, 6) is 1.24. The minimum absolute atomic E-state index is 0.0981. The molecule has 0 aliphatic carbocycles. The fraction of sp³-hybridized carbons (Fsp3) is 0.300. The lowest BCUT2D eigenvalue weighted by atomic mass is 10.1. The van der Waals surface area contributed by atoms with Crippen LogP contribution in [0.15, 0.2) is 42.5 Å². The van der Waals surface area contributed by atoms with E-state index in [-0.39, 0.29) is 11.8 Å². The van der Waals surface area contributed by atoms with E-state index in [1.807, 2.05) is 42.2 Å². The Morgan fingerprint density at radius 1 is 1.19 bits per heavy atom. The lowest BCUT2D eigenvalue weighted by Gasteiger charge is -2.16. The van der Waals surface area contributed by atoms with Crippen LogP contribution in [0.25, 0.3) is 11.0 Å². The number of hydrogen-bond donors (Lipinski definition) is 0. The molecule has 4 nitrogen and oxygen atoms in total. The Kier molecular flexibility index (Phi) is 4.63. The Bertz CT molecular complexity index is 982. The molecule has 6 heteroatoms. The van der Waals surface area contributed by atoms with Crippen LogP contribution >= 0.6 is 23.2 Å². The second-order valence-electron chi connectivity index (χ2n) is 6.61.